The number of ketones is 2. The number of rotatable bonds is 5. The van der Waals surface area contributed by atoms with E-state index in [4.69, 9.17) is 4.74 Å². The maximum absolute atomic E-state index is 11.0. The average molecular weight is 204 g/mol. The third-order valence-corrected chi connectivity index (χ3v) is 1.87. The van der Waals surface area contributed by atoms with E-state index in [9.17, 15) is 9.59 Å². The Morgan fingerprint density at radius 1 is 1.33 bits per heavy atom. The molecule has 0 unspecified atom stereocenters. The summed E-state index contributed by atoms with van der Waals surface area (Å²) < 4.78 is 5.16. The summed E-state index contributed by atoms with van der Waals surface area (Å²) in [7, 11) is 0. The molecule has 78 valence electrons. The molecule has 0 heterocycles. The Labute approximate surface area is 88.4 Å². The molecule has 0 aliphatic rings. The molecule has 1 rings (SSSR count). The summed E-state index contributed by atoms with van der Waals surface area (Å²) in [6.07, 6.45) is 1.21. The number of hydrogen-bond donors (Lipinski definition) is 0. The lowest BCUT2D eigenvalue weighted by Crippen LogP contribution is -2.07. The van der Waals surface area contributed by atoms with Crippen molar-refractivity contribution in [1.82, 2.24) is 0 Å². The molecule has 0 saturated carbocycles. The Morgan fingerprint density at radius 3 is 2.40 bits per heavy atom. The van der Waals surface area contributed by atoms with Gasteiger partial charge in [-0.15, -0.1) is 0 Å². The van der Waals surface area contributed by atoms with Crippen molar-refractivity contribution in [3.63, 3.8) is 0 Å². The molecule has 0 bridgehead atoms. The fourth-order valence-electron chi connectivity index (χ4n) is 0.999. The van der Waals surface area contributed by atoms with Crippen molar-refractivity contribution in [3.05, 3.63) is 42.5 Å². The van der Waals surface area contributed by atoms with Gasteiger partial charge in [0.15, 0.2) is 18.2 Å². The van der Waals surface area contributed by atoms with Crippen LogP contribution in [0.5, 0.6) is 5.75 Å². The van der Waals surface area contributed by atoms with E-state index in [0.29, 0.717) is 11.3 Å². The zero-order chi connectivity index (χ0) is 11.3. The van der Waals surface area contributed by atoms with Crippen LogP contribution in [0.1, 0.15) is 17.3 Å². The molecule has 0 fully saturated rings. The van der Waals surface area contributed by atoms with Crippen LogP contribution in [0, 0.1) is 0 Å². The Balaban J connectivity index is 2.60. The van der Waals surface area contributed by atoms with E-state index in [1.165, 1.54) is 13.0 Å². The molecule has 3 heteroatoms. The fraction of sp³-hybridized carbons (Fsp3) is 0.167. The SMILES string of the molecule is C=CC(=O)COc1ccc(C(C)=O)cc1. The minimum absolute atomic E-state index is 0.00344. The van der Waals surface area contributed by atoms with Gasteiger partial charge in [-0.25, -0.2) is 0 Å². The van der Waals surface area contributed by atoms with Gasteiger partial charge in [-0.1, -0.05) is 6.58 Å². The van der Waals surface area contributed by atoms with E-state index in [1.54, 1.807) is 24.3 Å². The van der Waals surface area contributed by atoms with E-state index in [1.807, 2.05) is 0 Å². The van der Waals surface area contributed by atoms with Gasteiger partial charge in [0.05, 0.1) is 0 Å². The second-order valence-electron chi connectivity index (χ2n) is 3.04. The molecule has 1 aromatic rings. The fourth-order valence-corrected chi connectivity index (χ4v) is 0.999. The van der Waals surface area contributed by atoms with Crippen molar-refractivity contribution in [3.8, 4) is 5.75 Å². The lowest BCUT2D eigenvalue weighted by molar-refractivity contribution is -0.116. The lowest BCUT2D eigenvalue weighted by Gasteiger charge is -2.03. The average Bonchev–Trinajstić information content (AvgIpc) is 2.26. The van der Waals surface area contributed by atoms with Crippen molar-refractivity contribution in [1.29, 1.82) is 0 Å². The first-order valence-electron chi connectivity index (χ1n) is 4.52. The summed E-state index contributed by atoms with van der Waals surface area (Å²) in [5.74, 6) is 0.393. The minimum Gasteiger partial charge on any atom is -0.485 e. The van der Waals surface area contributed by atoms with Crippen molar-refractivity contribution < 1.29 is 14.3 Å². The van der Waals surface area contributed by atoms with Gasteiger partial charge in [-0.2, -0.15) is 0 Å². The first kappa shape index (κ1) is 11.2. The first-order valence-corrected chi connectivity index (χ1v) is 4.52. The highest BCUT2D eigenvalue weighted by atomic mass is 16.5. The molecule has 0 saturated heterocycles. The number of carbonyl (C=O) groups excluding carboxylic acids is 2. The molecule has 3 nitrogen and oxygen atoms in total. The molecular formula is C12H12O3. The van der Waals surface area contributed by atoms with Crippen LogP contribution in [-0.2, 0) is 4.79 Å². The summed E-state index contributed by atoms with van der Waals surface area (Å²) in [6, 6.07) is 6.65. The number of ether oxygens (including phenoxy) is 1. The molecule has 1 aromatic carbocycles. The minimum atomic E-state index is -0.175. The van der Waals surface area contributed by atoms with Gasteiger partial charge in [-0.05, 0) is 37.3 Å². The van der Waals surface area contributed by atoms with Crippen LogP contribution in [0.4, 0.5) is 0 Å². The van der Waals surface area contributed by atoms with Gasteiger partial charge < -0.3 is 4.74 Å². The second kappa shape index (κ2) is 5.10. The highest BCUT2D eigenvalue weighted by molar-refractivity contribution is 5.94. The molecule has 0 amide bonds. The van der Waals surface area contributed by atoms with E-state index in [2.05, 4.69) is 6.58 Å². The quantitative estimate of drug-likeness (QED) is 0.544. The van der Waals surface area contributed by atoms with Gasteiger partial charge >= 0.3 is 0 Å². The highest BCUT2D eigenvalue weighted by Gasteiger charge is 2.00. The Kier molecular flexibility index (Phi) is 3.80. The number of benzene rings is 1. The molecule has 0 spiro atoms. The van der Waals surface area contributed by atoms with E-state index >= 15 is 0 Å². The smallest absolute Gasteiger partial charge is 0.192 e. The summed E-state index contributed by atoms with van der Waals surface area (Å²) in [4.78, 5) is 21.8. The normalized spacial score (nSPS) is 9.40. The van der Waals surface area contributed by atoms with Gasteiger partial charge in [0.1, 0.15) is 5.75 Å². The van der Waals surface area contributed by atoms with Crippen LogP contribution in [0.2, 0.25) is 0 Å². The van der Waals surface area contributed by atoms with Crippen LogP contribution >= 0.6 is 0 Å². The number of Topliss-reactive ketones (excluding diaryl/α,β-unsaturated/α-hetero) is 1. The van der Waals surface area contributed by atoms with Gasteiger partial charge in [0, 0.05) is 5.56 Å². The van der Waals surface area contributed by atoms with Crippen LogP contribution < -0.4 is 4.74 Å². The Hall–Kier alpha value is -1.90. The molecule has 0 radical (unpaired) electrons. The third-order valence-electron chi connectivity index (χ3n) is 1.87. The van der Waals surface area contributed by atoms with Crippen LogP contribution in [0.3, 0.4) is 0 Å². The molecule has 0 aliphatic heterocycles. The summed E-state index contributed by atoms with van der Waals surface area (Å²) >= 11 is 0. The monoisotopic (exact) mass is 204 g/mol. The highest BCUT2D eigenvalue weighted by Crippen LogP contribution is 2.12. The Bertz CT molecular complexity index is 376. The zero-order valence-electron chi connectivity index (χ0n) is 8.53. The second-order valence-corrected chi connectivity index (χ2v) is 3.04. The van der Waals surface area contributed by atoms with Crippen molar-refractivity contribution in [2.45, 2.75) is 6.92 Å². The predicted molar refractivity (Wildman–Crippen MR) is 57.1 cm³/mol. The number of hydrogen-bond acceptors (Lipinski definition) is 3. The first-order chi connectivity index (χ1) is 7.13. The van der Waals surface area contributed by atoms with E-state index in [-0.39, 0.29) is 18.2 Å². The standard InChI is InChI=1S/C12H12O3/c1-3-11(14)8-15-12-6-4-10(5-7-12)9(2)13/h3-7H,1,8H2,2H3. The molecule has 0 atom stereocenters. The molecule has 0 aromatic heterocycles. The van der Waals surface area contributed by atoms with Gasteiger partial charge in [0.2, 0.25) is 0 Å². The van der Waals surface area contributed by atoms with Crippen molar-refractivity contribution >= 4 is 11.6 Å². The van der Waals surface area contributed by atoms with Crippen LogP contribution in [0.15, 0.2) is 36.9 Å². The molecule has 15 heavy (non-hydrogen) atoms. The predicted octanol–water partition coefficient (Wildman–Crippen LogP) is 2.02. The molecule has 0 aliphatic carbocycles. The summed E-state index contributed by atoms with van der Waals surface area (Å²) in [5.41, 5.74) is 0.623. The van der Waals surface area contributed by atoms with Crippen molar-refractivity contribution in [2.24, 2.45) is 0 Å². The van der Waals surface area contributed by atoms with E-state index in [0.717, 1.165) is 0 Å². The maximum Gasteiger partial charge on any atom is 0.192 e. The summed E-state index contributed by atoms with van der Waals surface area (Å²) in [6.45, 7) is 4.81. The topological polar surface area (TPSA) is 43.4 Å². The zero-order valence-corrected chi connectivity index (χ0v) is 8.53. The Morgan fingerprint density at radius 2 is 1.93 bits per heavy atom. The molecular weight excluding hydrogens is 192 g/mol. The maximum atomic E-state index is 11.0. The molecule has 0 N–H and O–H groups in total. The number of carbonyl (C=O) groups is 2. The van der Waals surface area contributed by atoms with Crippen LogP contribution in [-0.4, -0.2) is 18.2 Å². The van der Waals surface area contributed by atoms with Gasteiger partial charge in [0.25, 0.3) is 0 Å². The van der Waals surface area contributed by atoms with Crippen molar-refractivity contribution in [2.75, 3.05) is 6.61 Å². The lowest BCUT2D eigenvalue weighted by atomic mass is 10.1. The van der Waals surface area contributed by atoms with Crippen LogP contribution in [0.25, 0.3) is 0 Å². The largest absolute Gasteiger partial charge is 0.485 e. The van der Waals surface area contributed by atoms with E-state index < -0.39 is 0 Å². The summed E-state index contributed by atoms with van der Waals surface area (Å²) in [5, 5.41) is 0. The van der Waals surface area contributed by atoms with Gasteiger partial charge in [-0.3, -0.25) is 9.59 Å². The third kappa shape index (κ3) is 3.38.